The van der Waals surface area contributed by atoms with E-state index in [2.05, 4.69) is 0 Å². The van der Waals surface area contributed by atoms with Gasteiger partial charge in [-0.2, -0.15) is 0 Å². The number of hydrogen-bond donors (Lipinski definition) is 0. The van der Waals surface area contributed by atoms with Gasteiger partial charge >= 0.3 is 0 Å². The molecule has 0 aromatic heterocycles. The molecule has 0 saturated heterocycles. The van der Waals surface area contributed by atoms with E-state index in [1.54, 1.807) is 20.3 Å². The molecule has 5 heteroatoms. The van der Waals surface area contributed by atoms with Crippen LogP contribution in [0.2, 0.25) is 0 Å². The third kappa shape index (κ3) is 2.86. The predicted octanol–water partition coefficient (Wildman–Crippen LogP) is 2.78. The molecule has 0 spiro atoms. The SMILES string of the molecule is COc1cc(OC)cc(C2CC=CCC2[N+](=O)[O-])c1. The molecular formula is C14H17NO4. The fourth-order valence-electron chi connectivity index (χ4n) is 2.43. The minimum absolute atomic E-state index is 0.135. The van der Waals surface area contributed by atoms with Crippen LogP contribution in [0.25, 0.3) is 0 Å². The van der Waals surface area contributed by atoms with Crippen molar-refractivity contribution in [2.75, 3.05) is 14.2 Å². The second kappa shape index (κ2) is 5.73. The standard InChI is InChI=1S/C14H17NO4/c1-18-11-7-10(8-12(9-11)19-2)13-5-3-4-6-14(13)15(16)17/h3-4,7-9,13-14H,5-6H2,1-2H3. The van der Waals surface area contributed by atoms with Gasteiger partial charge < -0.3 is 9.47 Å². The van der Waals surface area contributed by atoms with Crippen molar-refractivity contribution in [3.05, 3.63) is 46.0 Å². The molecule has 2 unspecified atom stereocenters. The molecule has 1 aliphatic rings. The summed E-state index contributed by atoms with van der Waals surface area (Å²) in [5, 5.41) is 11.2. The van der Waals surface area contributed by atoms with Gasteiger partial charge in [0.25, 0.3) is 0 Å². The van der Waals surface area contributed by atoms with E-state index in [1.165, 1.54) is 0 Å². The lowest BCUT2D eigenvalue weighted by atomic mass is 9.83. The summed E-state index contributed by atoms with van der Waals surface area (Å²) in [6.07, 6.45) is 5.01. The maximum Gasteiger partial charge on any atom is 0.223 e. The van der Waals surface area contributed by atoms with Crippen LogP contribution in [0.1, 0.15) is 24.3 Å². The molecule has 19 heavy (non-hydrogen) atoms. The van der Waals surface area contributed by atoms with Gasteiger partial charge in [0, 0.05) is 17.4 Å². The van der Waals surface area contributed by atoms with Gasteiger partial charge in [0.05, 0.1) is 20.1 Å². The molecule has 0 aliphatic heterocycles. The Morgan fingerprint density at radius 3 is 2.21 bits per heavy atom. The third-order valence-corrected chi connectivity index (χ3v) is 3.47. The van der Waals surface area contributed by atoms with Crippen LogP contribution in [0.4, 0.5) is 0 Å². The first-order valence-electron chi connectivity index (χ1n) is 6.17. The van der Waals surface area contributed by atoms with Crippen molar-refractivity contribution in [2.24, 2.45) is 0 Å². The first-order valence-corrected chi connectivity index (χ1v) is 6.17. The normalized spacial score (nSPS) is 22.0. The second-order valence-corrected chi connectivity index (χ2v) is 4.55. The number of hydrogen-bond acceptors (Lipinski definition) is 4. The first kappa shape index (κ1) is 13.4. The summed E-state index contributed by atoms with van der Waals surface area (Å²) in [5.41, 5.74) is 0.891. The minimum atomic E-state index is -0.582. The number of methoxy groups -OCH3 is 2. The van der Waals surface area contributed by atoms with Gasteiger partial charge in [-0.25, -0.2) is 0 Å². The number of nitrogens with zero attached hydrogens (tertiary/aromatic N) is 1. The van der Waals surface area contributed by atoms with Crippen LogP contribution < -0.4 is 9.47 Å². The van der Waals surface area contributed by atoms with Crippen LogP contribution in [-0.2, 0) is 0 Å². The molecule has 1 aliphatic carbocycles. The van der Waals surface area contributed by atoms with E-state index >= 15 is 0 Å². The Labute approximate surface area is 112 Å². The summed E-state index contributed by atoms with van der Waals surface area (Å²) in [5.74, 6) is 1.18. The maximum absolute atomic E-state index is 11.2. The Kier molecular flexibility index (Phi) is 4.04. The van der Waals surface area contributed by atoms with Gasteiger partial charge in [-0.1, -0.05) is 12.2 Å². The van der Waals surface area contributed by atoms with Crippen molar-refractivity contribution in [2.45, 2.75) is 24.8 Å². The Morgan fingerprint density at radius 1 is 1.11 bits per heavy atom. The minimum Gasteiger partial charge on any atom is -0.497 e. The summed E-state index contributed by atoms with van der Waals surface area (Å²) in [6.45, 7) is 0. The topological polar surface area (TPSA) is 61.6 Å². The monoisotopic (exact) mass is 263 g/mol. The highest BCUT2D eigenvalue weighted by Gasteiger charge is 2.33. The third-order valence-electron chi connectivity index (χ3n) is 3.47. The van der Waals surface area contributed by atoms with Crippen molar-refractivity contribution in [3.8, 4) is 11.5 Å². The lowest BCUT2D eigenvalue weighted by Gasteiger charge is -2.23. The summed E-state index contributed by atoms with van der Waals surface area (Å²) >= 11 is 0. The zero-order valence-electron chi connectivity index (χ0n) is 11.0. The van der Waals surface area contributed by atoms with E-state index in [1.807, 2.05) is 24.3 Å². The van der Waals surface area contributed by atoms with Crippen molar-refractivity contribution < 1.29 is 14.4 Å². The van der Waals surface area contributed by atoms with Gasteiger partial charge in [0.2, 0.25) is 6.04 Å². The van der Waals surface area contributed by atoms with Crippen LogP contribution in [0, 0.1) is 10.1 Å². The molecule has 0 N–H and O–H groups in total. The number of benzene rings is 1. The van der Waals surface area contributed by atoms with Crippen molar-refractivity contribution in [1.82, 2.24) is 0 Å². The lowest BCUT2D eigenvalue weighted by Crippen LogP contribution is -2.28. The molecule has 2 rings (SSSR count). The summed E-state index contributed by atoms with van der Waals surface area (Å²) < 4.78 is 10.4. The van der Waals surface area contributed by atoms with E-state index in [-0.39, 0.29) is 10.8 Å². The lowest BCUT2D eigenvalue weighted by molar-refractivity contribution is -0.526. The van der Waals surface area contributed by atoms with E-state index in [9.17, 15) is 10.1 Å². The molecule has 0 bridgehead atoms. The van der Waals surface area contributed by atoms with Gasteiger partial charge in [-0.05, 0) is 24.1 Å². The van der Waals surface area contributed by atoms with Crippen LogP contribution in [0.15, 0.2) is 30.4 Å². The predicted molar refractivity (Wildman–Crippen MR) is 71.4 cm³/mol. The first-order chi connectivity index (χ1) is 9.15. The van der Waals surface area contributed by atoms with E-state index < -0.39 is 6.04 Å². The van der Waals surface area contributed by atoms with Gasteiger partial charge in [-0.15, -0.1) is 0 Å². The molecule has 0 amide bonds. The largest absolute Gasteiger partial charge is 0.497 e. The molecular weight excluding hydrogens is 246 g/mol. The molecule has 0 saturated carbocycles. The molecule has 1 aromatic carbocycles. The number of allylic oxidation sites excluding steroid dienone is 1. The average Bonchev–Trinajstić information content (AvgIpc) is 2.46. The van der Waals surface area contributed by atoms with Gasteiger partial charge in [0.15, 0.2) is 0 Å². The quantitative estimate of drug-likeness (QED) is 0.476. The molecule has 0 radical (unpaired) electrons. The van der Waals surface area contributed by atoms with Gasteiger partial charge in [-0.3, -0.25) is 10.1 Å². The van der Waals surface area contributed by atoms with E-state index in [0.717, 1.165) is 5.56 Å². The fraction of sp³-hybridized carbons (Fsp3) is 0.429. The zero-order chi connectivity index (χ0) is 13.8. The van der Waals surface area contributed by atoms with Crippen LogP contribution >= 0.6 is 0 Å². The molecule has 0 heterocycles. The smallest absolute Gasteiger partial charge is 0.223 e. The second-order valence-electron chi connectivity index (χ2n) is 4.55. The average molecular weight is 263 g/mol. The molecule has 0 fully saturated rings. The van der Waals surface area contributed by atoms with Crippen molar-refractivity contribution in [1.29, 1.82) is 0 Å². The Balaban J connectivity index is 2.38. The maximum atomic E-state index is 11.2. The van der Waals surface area contributed by atoms with E-state index in [0.29, 0.717) is 24.3 Å². The molecule has 1 aromatic rings. The van der Waals surface area contributed by atoms with Crippen molar-refractivity contribution >= 4 is 0 Å². The molecule has 2 atom stereocenters. The fourth-order valence-corrected chi connectivity index (χ4v) is 2.43. The summed E-state index contributed by atoms with van der Waals surface area (Å²) in [7, 11) is 3.15. The van der Waals surface area contributed by atoms with E-state index in [4.69, 9.17) is 9.47 Å². The Bertz CT molecular complexity index is 476. The summed E-state index contributed by atoms with van der Waals surface area (Å²) in [6, 6.07) is 4.89. The van der Waals surface area contributed by atoms with Crippen LogP contribution in [0.3, 0.4) is 0 Å². The van der Waals surface area contributed by atoms with Gasteiger partial charge in [0.1, 0.15) is 11.5 Å². The summed E-state index contributed by atoms with van der Waals surface area (Å²) in [4.78, 5) is 11.0. The Morgan fingerprint density at radius 2 is 1.68 bits per heavy atom. The van der Waals surface area contributed by atoms with Crippen LogP contribution in [-0.4, -0.2) is 25.2 Å². The molecule has 102 valence electrons. The highest BCUT2D eigenvalue weighted by atomic mass is 16.6. The number of ether oxygens (including phenoxy) is 2. The highest BCUT2D eigenvalue weighted by molar-refractivity contribution is 5.41. The number of nitro groups is 1. The highest BCUT2D eigenvalue weighted by Crippen LogP contribution is 2.35. The number of rotatable bonds is 4. The molecule has 5 nitrogen and oxygen atoms in total. The van der Waals surface area contributed by atoms with Crippen LogP contribution in [0.5, 0.6) is 11.5 Å². The Hall–Kier alpha value is -2.04. The zero-order valence-corrected chi connectivity index (χ0v) is 11.0. The van der Waals surface area contributed by atoms with Crippen molar-refractivity contribution in [3.63, 3.8) is 0 Å².